The van der Waals surface area contributed by atoms with Gasteiger partial charge in [-0.15, -0.1) is 0 Å². The van der Waals surface area contributed by atoms with Crippen LogP contribution in [0.15, 0.2) is 0 Å². The minimum atomic E-state index is -1.08. The van der Waals surface area contributed by atoms with Crippen LogP contribution >= 0.6 is 0 Å². The number of aliphatic carboxylic acids is 1. The fourth-order valence-electron chi connectivity index (χ4n) is 0. The molecule has 0 bridgehead atoms. The first-order valence-corrected chi connectivity index (χ1v) is 1.36. The van der Waals surface area contributed by atoms with E-state index in [9.17, 15) is 0 Å². The van der Waals surface area contributed by atoms with Crippen molar-refractivity contribution < 1.29 is 83.9 Å². The van der Waals surface area contributed by atoms with Crippen LogP contribution < -0.4 is 74.0 Å². The molecule has 0 aliphatic heterocycles. The number of aliphatic hydroxyl groups is 1. The van der Waals surface area contributed by atoms with Crippen LogP contribution in [0.5, 0.6) is 0 Å². The predicted molar refractivity (Wildman–Crippen MR) is 18.8 cm³/mol. The second-order valence-electron chi connectivity index (χ2n) is 0.492. The molecule has 3 nitrogen and oxygen atoms in total. The molecular weight excluding hydrogens is 217 g/mol. The maximum atomic E-state index is 8.89. The summed E-state index contributed by atoms with van der Waals surface area (Å²) in [5.41, 5.74) is 0. The summed E-state index contributed by atoms with van der Waals surface area (Å²) >= 11 is 0. The minimum Gasteiger partial charge on any atom is -0.550 e. The van der Waals surface area contributed by atoms with Crippen molar-refractivity contribution in [1.82, 2.24) is 0 Å². The van der Waals surface area contributed by atoms with Crippen LogP contribution in [0.2, 0.25) is 0 Å². The van der Waals surface area contributed by atoms with E-state index in [4.69, 9.17) is 15.0 Å². The van der Waals surface area contributed by atoms with Gasteiger partial charge in [-0.2, -0.15) is 0 Å². The van der Waals surface area contributed by atoms with Gasteiger partial charge in [0.25, 0.3) is 0 Å². The summed E-state index contributed by atoms with van der Waals surface area (Å²) in [5.74, 6) is -1.08. The zero-order valence-corrected chi connectivity index (χ0v) is 11.0. The van der Waals surface area contributed by atoms with Crippen LogP contribution in [0, 0.1) is 0 Å². The number of rotatable bonds is 0. The van der Waals surface area contributed by atoms with Gasteiger partial charge in [0.15, 0.2) is 0 Å². The molecule has 0 atom stereocenters. The molecule has 0 radical (unpaired) electrons. The first-order chi connectivity index (χ1) is 2.73. The van der Waals surface area contributed by atoms with E-state index >= 15 is 0 Å². The van der Waals surface area contributed by atoms with E-state index in [0.717, 1.165) is 14.0 Å². The van der Waals surface area contributed by atoms with Gasteiger partial charge in [0.1, 0.15) is 0 Å². The molecule has 0 unspecified atom stereocenters. The summed E-state index contributed by atoms with van der Waals surface area (Å²) in [6.45, 7) is 0.972. The standard InChI is InChI=1S/C2H4O2.CH4O.Cs/c1-2(3)4;1-2;/h1H3,(H,3,4);2H,1H3;/q;;+1/p-1. The molecule has 0 saturated heterocycles. The average Bonchev–Trinajstić information content (AvgIpc) is 1.41. The van der Waals surface area contributed by atoms with Gasteiger partial charge in [-0.05, 0) is 6.92 Å². The number of aliphatic hydroxyl groups excluding tert-OH is 1. The number of hydrogen-bond donors (Lipinski definition) is 1. The van der Waals surface area contributed by atoms with E-state index in [1.165, 1.54) is 0 Å². The Kier molecular flexibility index (Phi) is 35.3. The van der Waals surface area contributed by atoms with Crippen molar-refractivity contribution in [3.8, 4) is 0 Å². The quantitative estimate of drug-likeness (QED) is 0.450. The van der Waals surface area contributed by atoms with Crippen LogP contribution in [-0.2, 0) is 4.79 Å². The predicted octanol–water partition coefficient (Wildman–Crippen LogP) is -4.63. The van der Waals surface area contributed by atoms with Crippen molar-refractivity contribution in [3.05, 3.63) is 0 Å². The first-order valence-electron chi connectivity index (χ1n) is 1.36. The summed E-state index contributed by atoms with van der Waals surface area (Å²) in [7, 11) is 1.00. The van der Waals surface area contributed by atoms with Crippen LogP contribution in [0.1, 0.15) is 6.92 Å². The molecule has 0 aromatic carbocycles. The van der Waals surface area contributed by atoms with Gasteiger partial charge < -0.3 is 15.0 Å². The smallest absolute Gasteiger partial charge is 0.550 e. The summed E-state index contributed by atoms with van der Waals surface area (Å²) < 4.78 is 0. The summed E-state index contributed by atoms with van der Waals surface area (Å²) in [5, 5.41) is 15.9. The molecule has 4 heteroatoms. The molecular formula is C3H7CsO3. The average molecular weight is 224 g/mol. The second kappa shape index (κ2) is 15.6. The molecule has 0 aromatic heterocycles. The molecule has 7 heavy (non-hydrogen) atoms. The third kappa shape index (κ3) is 102. The Hall–Kier alpha value is 1.48. The van der Waals surface area contributed by atoms with Gasteiger partial charge in [0.05, 0.1) is 0 Å². The van der Waals surface area contributed by atoms with E-state index in [0.29, 0.717) is 0 Å². The molecule has 0 aromatic rings. The minimum absolute atomic E-state index is 0. The molecule has 0 heterocycles. The summed E-state index contributed by atoms with van der Waals surface area (Å²) in [6, 6.07) is 0. The van der Waals surface area contributed by atoms with Gasteiger partial charge >= 0.3 is 68.9 Å². The molecule has 0 aliphatic rings. The number of carboxylic acids is 1. The first kappa shape index (κ1) is 15.8. The van der Waals surface area contributed by atoms with Crippen molar-refractivity contribution >= 4 is 5.97 Å². The molecule has 0 spiro atoms. The molecule has 0 fully saturated rings. The number of carboxylic acid groups (broad SMARTS) is 1. The van der Waals surface area contributed by atoms with Crippen LogP contribution in [-0.4, -0.2) is 18.2 Å². The Labute approximate surface area is 102 Å². The van der Waals surface area contributed by atoms with Gasteiger partial charge in [-0.25, -0.2) is 0 Å². The maximum Gasteiger partial charge on any atom is 1.00 e. The largest absolute Gasteiger partial charge is 1.00 e. The van der Waals surface area contributed by atoms with Crippen molar-refractivity contribution in [2.75, 3.05) is 7.11 Å². The van der Waals surface area contributed by atoms with Gasteiger partial charge in [0.2, 0.25) is 0 Å². The Bertz CT molecular complexity index is 33.2. The van der Waals surface area contributed by atoms with Crippen LogP contribution in [0.4, 0.5) is 0 Å². The van der Waals surface area contributed by atoms with Gasteiger partial charge in [-0.3, -0.25) is 0 Å². The summed E-state index contributed by atoms with van der Waals surface area (Å²) in [6.07, 6.45) is 0. The topological polar surface area (TPSA) is 60.4 Å². The Balaban J connectivity index is -0.0000000480. The van der Waals surface area contributed by atoms with Crippen molar-refractivity contribution in [2.45, 2.75) is 6.92 Å². The fourth-order valence-corrected chi connectivity index (χ4v) is 0. The SMILES string of the molecule is CC(=O)[O-].CO.[Cs+]. The third-order valence-electron chi connectivity index (χ3n) is 0. The van der Waals surface area contributed by atoms with E-state index in [1.54, 1.807) is 0 Å². The number of carbonyl (C=O) groups is 1. The van der Waals surface area contributed by atoms with Gasteiger partial charge in [-0.1, -0.05) is 0 Å². The Morgan fingerprint density at radius 2 is 1.57 bits per heavy atom. The number of hydrogen-bond acceptors (Lipinski definition) is 3. The van der Waals surface area contributed by atoms with E-state index in [2.05, 4.69) is 0 Å². The third-order valence-corrected chi connectivity index (χ3v) is 0. The molecule has 0 saturated carbocycles. The number of carbonyl (C=O) groups excluding carboxylic acids is 1. The normalized spacial score (nSPS) is 4.43. The molecule has 0 aliphatic carbocycles. The molecule has 0 rings (SSSR count). The van der Waals surface area contributed by atoms with Crippen LogP contribution in [0.25, 0.3) is 0 Å². The molecule has 0 amide bonds. The fraction of sp³-hybridized carbons (Fsp3) is 0.667. The maximum absolute atomic E-state index is 8.89. The van der Waals surface area contributed by atoms with Crippen molar-refractivity contribution in [3.63, 3.8) is 0 Å². The van der Waals surface area contributed by atoms with Gasteiger partial charge in [0, 0.05) is 13.1 Å². The molecule has 1 N–H and O–H groups in total. The van der Waals surface area contributed by atoms with Crippen molar-refractivity contribution in [2.24, 2.45) is 0 Å². The zero-order chi connectivity index (χ0) is 5.58. The second-order valence-corrected chi connectivity index (χ2v) is 0.492. The van der Waals surface area contributed by atoms with E-state index < -0.39 is 5.97 Å². The summed E-state index contributed by atoms with van der Waals surface area (Å²) in [4.78, 5) is 8.89. The molecule has 38 valence electrons. The Morgan fingerprint density at radius 1 is 1.57 bits per heavy atom. The van der Waals surface area contributed by atoms with Crippen LogP contribution in [0.3, 0.4) is 0 Å². The monoisotopic (exact) mass is 224 g/mol. The zero-order valence-electron chi connectivity index (χ0n) is 4.76. The Morgan fingerprint density at radius 3 is 1.57 bits per heavy atom. The van der Waals surface area contributed by atoms with E-state index in [1.807, 2.05) is 0 Å². The van der Waals surface area contributed by atoms with E-state index in [-0.39, 0.29) is 68.9 Å². The van der Waals surface area contributed by atoms with Crippen molar-refractivity contribution in [1.29, 1.82) is 0 Å².